The molecule has 0 aliphatic heterocycles. The van der Waals surface area contributed by atoms with Gasteiger partial charge < -0.3 is 10.1 Å². The number of hydrogen-bond acceptors (Lipinski definition) is 5. The Hall–Kier alpha value is -1.43. The first kappa shape index (κ1) is 17.6. The monoisotopic (exact) mass is 312 g/mol. The van der Waals surface area contributed by atoms with Gasteiger partial charge in [-0.25, -0.2) is 0 Å². The van der Waals surface area contributed by atoms with Gasteiger partial charge in [-0.3, -0.25) is 10.1 Å². The average molecular weight is 312 g/mol. The van der Waals surface area contributed by atoms with Gasteiger partial charge in [-0.2, -0.15) is 11.8 Å². The van der Waals surface area contributed by atoms with E-state index < -0.39 is 0 Å². The molecule has 0 aliphatic rings. The van der Waals surface area contributed by atoms with Crippen LogP contribution in [0.5, 0.6) is 5.75 Å². The quantitative estimate of drug-likeness (QED) is 0.374. The Morgan fingerprint density at radius 3 is 2.76 bits per heavy atom. The van der Waals surface area contributed by atoms with Crippen LogP contribution in [0.15, 0.2) is 18.2 Å². The highest BCUT2D eigenvalue weighted by molar-refractivity contribution is 7.98. The largest absolute Gasteiger partial charge is 0.493 e. The first-order valence-electron chi connectivity index (χ1n) is 7.32. The predicted molar refractivity (Wildman–Crippen MR) is 89.6 cm³/mol. The van der Waals surface area contributed by atoms with E-state index in [1.807, 2.05) is 24.8 Å². The van der Waals surface area contributed by atoms with Crippen LogP contribution in [0.25, 0.3) is 0 Å². The number of hydrogen-bond donors (Lipinski definition) is 1. The summed E-state index contributed by atoms with van der Waals surface area (Å²) in [4.78, 5) is 10.6. The third-order valence-corrected chi connectivity index (χ3v) is 3.63. The first-order valence-corrected chi connectivity index (χ1v) is 8.72. The average Bonchev–Trinajstić information content (AvgIpc) is 2.48. The summed E-state index contributed by atoms with van der Waals surface area (Å²) in [6, 6.07) is 4.85. The van der Waals surface area contributed by atoms with Crippen molar-refractivity contribution in [2.45, 2.75) is 32.6 Å². The first-order chi connectivity index (χ1) is 10.2. The van der Waals surface area contributed by atoms with Crippen molar-refractivity contribution in [3.63, 3.8) is 0 Å². The van der Waals surface area contributed by atoms with E-state index in [2.05, 4.69) is 11.6 Å². The van der Waals surface area contributed by atoms with Crippen LogP contribution in [0.2, 0.25) is 0 Å². The molecule has 6 heteroatoms. The molecule has 0 saturated heterocycles. The van der Waals surface area contributed by atoms with Crippen molar-refractivity contribution >= 4 is 23.1 Å². The summed E-state index contributed by atoms with van der Waals surface area (Å²) in [6.07, 6.45) is 6.43. The molecular weight excluding hydrogens is 288 g/mol. The van der Waals surface area contributed by atoms with Gasteiger partial charge in [0.2, 0.25) is 0 Å². The molecule has 0 aliphatic carbocycles. The van der Waals surface area contributed by atoms with E-state index in [0.29, 0.717) is 12.4 Å². The molecule has 0 aromatic heterocycles. The Labute approximate surface area is 130 Å². The van der Waals surface area contributed by atoms with Gasteiger partial charge in [0.05, 0.1) is 17.6 Å². The molecule has 5 nitrogen and oxygen atoms in total. The number of benzene rings is 1. The molecule has 118 valence electrons. The van der Waals surface area contributed by atoms with Crippen LogP contribution in [0.4, 0.5) is 11.4 Å². The molecule has 0 amide bonds. The number of unbranched alkanes of at least 4 members (excludes halogenated alkanes) is 2. The zero-order valence-corrected chi connectivity index (χ0v) is 13.6. The minimum atomic E-state index is -0.386. The number of nitrogens with one attached hydrogen (secondary N) is 1. The summed E-state index contributed by atoms with van der Waals surface area (Å²) in [6.45, 7) is 3.39. The lowest BCUT2D eigenvalue weighted by Gasteiger charge is -2.09. The van der Waals surface area contributed by atoms with E-state index in [1.165, 1.54) is 24.7 Å². The van der Waals surface area contributed by atoms with Crippen molar-refractivity contribution in [2.75, 3.05) is 30.5 Å². The molecule has 1 aromatic rings. The topological polar surface area (TPSA) is 64.4 Å². The maximum absolute atomic E-state index is 10.9. The number of nitro groups is 1. The van der Waals surface area contributed by atoms with Gasteiger partial charge in [0, 0.05) is 24.4 Å². The lowest BCUT2D eigenvalue weighted by molar-refractivity contribution is -0.384. The molecule has 0 bridgehead atoms. The third-order valence-electron chi connectivity index (χ3n) is 2.93. The van der Waals surface area contributed by atoms with Crippen molar-refractivity contribution in [3.05, 3.63) is 28.3 Å². The Morgan fingerprint density at radius 2 is 2.10 bits per heavy atom. The Kier molecular flexibility index (Phi) is 8.66. The van der Waals surface area contributed by atoms with E-state index in [-0.39, 0.29) is 10.6 Å². The van der Waals surface area contributed by atoms with Crippen molar-refractivity contribution in [3.8, 4) is 5.75 Å². The van der Waals surface area contributed by atoms with Crippen molar-refractivity contribution in [1.29, 1.82) is 0 Å². The molecule has 0 heterocycles. The highest BCUT2D eigenvalue weighted by Crippen LogP contribution is 2.26. The second-order valence-corrected chi connectivity index (χ2v) is 5.79. The summed E-state index contributed by atoms with van der Waals surface area (Å²) in [7, 11) is 0. The minimum absolute atomic E-state index is 0.0634. The zero-order chi connectivity index (χ0) is 15.5. The molecule has 0 unspecified atom stereocenters. The third kappa shape index (κ3) is 7.22. The number of thioether (sulfide) groups is 1. The summed E-state index contributed by atoms with van der Waals surface area (Å²) in [5.41, 5.74) is 0.814. The van der Waals surface area contributed by atoms with E-state index in [4.69, 9.17) is 4.74 Å². The highest BCUT2D eigenvalue weighted by atomic mass is 32.2. The Morgan fingerprint density at radius 1 is 1.29 bits per heavy atom. The lowest BCUT2D eigenvalue weighted by Crippen LogP contribution is -2.03. The summed E-state index contributed by atoms with van der Waals surface area (Å²) >= 11 is 1.86. The van der Waals surface area contributed by atoms with Crippen LogP contribution < -0.4 is 10.1 Å². The van der Waals surface area contributed by atoms with Crippen LogP contribution in [0, 0.1) is 10.1 Å². The van der Waals surface area contributed by atoms with E-state index in [1.54, 1.807) is 6.07 Å². The minimum Gasteiger partial charge on any atom is -0.493 e. The summed E-state index contributed by atoms with van der Waals surface area (Å²) < 4.78 is 5.50. The van der Waals surface area contributed by atoms with Crippen molar-refractivity contribution < 1.29 is 9.66 Å². The smallest absolute Gasteiger partial charge is 0.275 e. The van der Waals surface area contributed by atoms with Gasteiger partial charge in [0.1, 0.15) is 5.75 Å². The van der Waals surface area contributed by atoms with Crippen LogP contribution in [-0.2, 0) is 0 Å². The fourth-order valence-corrected chi connectivity index (χ4v) is 2.37. The van der Waals surface area contributed by atoms with Gasteiger partial charge >= 0.3 is 0 Å². The standard InChI is InChI=1S/C15H24N2O3S/c1-3-8-20-15-11-13(10-14(12-15)17(18)19)16-7-5-4-6-9-21-2/h10-12,16H,3-9H2,1-2H3. The highest BCUT2D eigenvalue weighted by Gasteiger charge is 2.10. The van der Waals surface area contributed by atoms with E-state index in [9.17, 15) is 10.1 Å². The summed E-state index contributed by atoms with van der Waals surface area (Å²) in [5.74, 6) is 1.74. The number of anilines is 1. The Balaban J connectivity index is 2.54. The number of non-ortho nitro benzene ring substituents is 1. The maximum atomic E-state index is 10.9. The fraction of sp³-hybridized carbons (Fsp3) is 0.600. The Bertz CT molecular complexity index is 441. The molecule has 1 aromatic carbocycles. The number of nitrogens with zero attached hydrogens (tertiary/aromatic N) is 1. The second-order valence-electron chi connectivity index (χ2n) is 4.80. The molecule has 0 spiro atoms. The molecule has 1 rings (SSSR count). The zero-order valence-electron chi connectivity index (χ0n) is 12.8. The maximum Gasteiger partial charge on any atom is 0.275 e. The van der Waals surface area contributed by atoms with Crippen LogP contribution in [0.1, 0.15) is 32.6 Å². The van der Waals surface area contributed by atoms with E-state index >= 15 is 0 Å². The van der Waals surface area contributed by atoms with Crippen LogP contribution in [0.3, 0.4) is 0 Å². The number of ether oxygens (including phenoxy) is 1. The van der Waals surface area contributed by atoms with Gasteiger partial charge in [-0.05, 0) is 31.3 Å². The fourth-order valence-electron chi connectivity index (χ4n) is 1.87. The summed E-state index contributed by atoms with van der Waals surface area (Å²) in [5, 5.41) is 14.2. The molecule has 0 fully saturated rings. The molecular formula is C15H24N2O3S. The molecule has 0 atom stereocenters. The van der Waals surface area contributed by atoms with Gasteiger partial charge in [-0.15, -0.1) is 0 Å². The second kappa shape index (κ2) is 10.3. The normalized spacial score (nSPS) is 10.4. The number of rotatable bonds is 11. The van der Waals surface area contributed by atoms with Crippen molar-refractivity contribution in [2.24, 2.45) is 0 Å². The molecule has 1 N–H and O–H groups in total. The van der Waals surface area contributed by atoms with Crippen molar-refractivity contribution in [1.82, 2.24) is 0 Å². The van der Waals surface area contributed by atoms with Crippen LogP contribution >= 0.6 is 11.8 Å². The van der Waals surface area contributed by atoms with Crippen LogP contribution in [-0.4, -0.2) is 30.1 Å². The van der Waals surface area contributed by atoms with Gasteiger partial charge in [0.15, 0.2) is 0 Å². The molecule has 21 heavy (non-hydrogen) atoms. The van der Waals surface area contributed by atoms with Gasteiger partial charge in [0.25, 0.3) is 5.69 Å². The van der Waals surface area contributed by atoms with Gasteiger partial charge in [-0.1, -0.05) is 13.3 Å². The SMILES string of the molecule is CCCOc1cc(NCCCCCSC)cc([N+](=O)[O-])c1. The lowest BCUT2D eigenvalue weighted by atomic mass is 10.2. The molecule has 0 saturated carbocycles. The number of nitro benzene ring substituents is 1. The predicted octanol–water partition coefficient (Wildman–Crippen LogP) is 4.33. The molecule has 0 radical (unpaired) electrons. The van der Waals surface area contributed by atoms with E-state index in [0.717, 1.165) is 25.1 Å².